The maximum Gasteiger partial charge on any atom is 0.211 e. The minimum absolute atomic E-state index is 0.275. The molecule has 0 aromatic carbocycles. The van der Waals surface area contributed by atoms with Gasteiger partial charge in [-0.1, -0.05) is 26.2 Å². The maximum absolute atomic E-state index is 11.6. The van der Waals surface area contributed by atoms with Crippen molar-refractivity contribution in [1.82, 2.24) is 9.62 Å². The van der Waals surface area contributed by atoms with Crippen molar-refractivity contribution in [3.63, 3.8) is 0 Å². The van der Waals surface area contributed by atoms with E-state index in [4.69, 9.17) is 0 Å². The molecular formula is C14H30N2O2S. The average molecular weight is 290 g/mol. The van der Waals surface area contributed by atoms with E-state index >= 15 is 0 Å². The summed E-state index contributed by atoms with van der Waals surface area (Å²) in [7, 11) is -3.01. The molecule has 1 N–H and O–H groups in total. The van der Waals surface area contributed by atoms with Crippen molar-refractivity contribution in [3.05, 3.63) is 0 Å². The zero-order valence-electron chi connectivity index (χ0n) is 12.4. The van der Waals surface area contributed by atoms with Crippen LogP contribution in [0, 0.1) is 0 Å². The molecule has 0 bridgehead atoms. The number of piperidine rings is 1. The lowest BCUT2D eigenvalue weighted by Gasteiger charge is -2.26. The second kappa shape index (κ2) is 9.72. The van der Waals surface area contributed by atoms with E-state index in [1.54, 1.807) is 0 Å². The lowest BCUT2D eigenvalue weighted by atomic mass is 10.1. The molecule has 1 heterocycles. The van der Waals surface area contributed by atoms with Crippen LogP contribution in [0.2, 0.25) is 0 Å². The van der Waals surface area contributed by atoms with E-state index in [0.717, 1.165) is 25.7 Å². The Labute approximate surface area is 119 Å². The predicted molar refractivity (Wildman–Crippen MR) is 80.8 cm³/mol. The van der Waals surface area contributed by atoms with Gasteiger partial charge < -0.3 is 4.90 Å². The number of nitrogens with zero attached hydrogens (tertiary/aromatic N) is 1. The van der Waals surface area contributed by atoms with E-state index in [2.05, 4.69) is 9.62 Å². The fraction of sp³-hybridized carbons (Fsp3) is 1.00. The maximum atomic E-state index is 11.6. The summed E-state index contributed by atoms with van der Waals surface area (Å²) in [5.74, 6) is 0.275. The Hall–Kier alpha value is -0.130. The largest absolute Gasteiger partial charge is 0.303 e. The Bertz CT molecular complexity index is 311. The number of hydrogen-bond acceptors (Lipinski definition) is 3. The molecule has 0 aromatic heterocycles. The molecule has 19 heavy (non-hydrogen) atoms. The molecule has 1 rings (SSSR count). The lowest BCUT2D eigenvalue weighted by molar-refractivity contribution is 0.224. The molecular weight excluding hydrogens is 260 g/mol. The highest BCUT2D eigenvalue weighted by atomic mass is 32.2. The van der Waals surface area contributed by atoms with Crippen LogP contribution in [0.5, 0.6) is 0 Å². The summed E-state index contributed by atoms with van der Waals surface area (Å²) in [6.07, 6.45) is 9.02. The van der Waals surface area contributed by atoms with Gasteiger partial charge in [0.25, 0.3) is 0 Å². The summed E-state index contributed by atoms with van der Waals surface area (Å²) in [6.45, 7) is 6.30. The third kappa shape index (κ3) is 8.60. The predicted octanol–water partition coefficient (Wildman–Crippen LogP) is 2.36. The van der Waals surface area contributed by atoms with Crippen molar-refractivity contribution in [2.75, 3.05) is 31.9 Å². The molecule has 114 valence electrons. The standard InChI is InChI=1S/C14H30N2O2S/c1-2-3-14-19(17,18)15-10-6-4-7-11-16-12-8-5-9-13-16/h15H,2-14H2,1H3. The lowest BCUT2D eigenvalue weighted by Crippen LogP contribution is -2.30. The van der Waals surface area contributed by atoms with Gasteiger partial charge in [0.05, 0.1) is 5.75 Å². The van der Waals surface area contributed by atoms with Crippen LogP contribution in [0.25, 0.3) is 0 Å². The second-order valence-electron chi connectivity index (χ2n) is 5.53. The number of nitrogens with one attached hydrogen (secondary N) is 1. The number of rotatable bonds is 10. The Morgan fingerprint density at radius 2 is 1.74 bits per heavy atom. The minimum Gasteiger partial charge on any atom is -0.303 e. The molecule has 0 radical (unpaired) electrons. The van der Waals surface area contributed by atoms with Gasteiger partial charge in [-0.15, -0.1) is 0 Å². The van der Waals surface area contributed by atoms with Crippen LogP contribution in [-0.2, 0) is 10.0 Å². The van der Waals surface area contributed by atoms with E-state index in [1.165, 1.54) is 45.3 Å². The second-order valence-corrected chi connectivity index (χ2v) is 7.46. The molecule has 0 amide bonds. The molecule has 0 aromatic rings. The van der Waals surface area contributed by atoms with E-state index < -0.39 is 10.0 Å². The molecule has 4 nitrogen and oxygen atoms in total. The van der Waals surface area contributed by atoms with Gasteiger partial charge in [-0.2, -0.15) is 0 Å². The van der Waals surface area contributed by atoms with Crippen molar-refractivity contribution < 1.29 is 8.42 Å². The summed E-state index contributed by atoms with van der Waals surface area (Å²) >= 11 is 0. The highest BCUT2D eigenvalue weighted by Gasteiger charge is 2.10. The first-order chi connectivity index (χ1) is 9.14. The van der Waals surface area contributed by atoms with Gasteiger partial charge in [0.2, 0.25) is 10.0 Å². The van der Waals surface area contributed by atoms with Crippen LogP contribution in [0.1, 0.15) is 58.3 Å². The van der Waals surface area contributed by atoms with E-state index in [-0.39, 0.29) is 5.75 Å². The van der Waals surface area contributed by atoms with Gasteiger partial charge in [0.1, 0.15) is 0 Å². The van der Waals surface area contributed by atoms with Gasteiger partial charge in [0.15, 0.2) is 0 Å². The van der Waals surface area contributed by atoms with Gasteiger partial charge in [-0.05, 0) is 51.7 Å². The SMILES string of the molecule is CCCCS(=O)(=O)NCCCCCN1CCCCC1. The highest BCUT2D eigenvalue weighted by Crippen LogP contribution is 2.09. The minimum atomic E-state index is -3.01. The van der Waals surface area contributed by atoms with Crippen LogP contribution < -0.4 is 4.72 Å². The Morgan fingerprint density at radius 1 is 1.00 bits per heavy atom. The highest BCUT2D eigenvalue weighted by molar-refractivity contribution is 7.89. The molecule has 1 fully saturated rings. The Morgan fingerprint density at radius 3 is 2.42 bits per heavy atom. The van der Waals surface area contributed by atoms with Crippen molar-refractivity contribution in [3.8, 4) is 0 Å². The van der Waals surface area contributed by atoms with Crippen LogP contribution in [0.15, 0.2) is 0 Å². The number of sulfonamides is 1. The summed E-state index contributed by atoms with van der Waals surface area (Å²) in [6, 6.07) is 0. The molecule has 0 unspecified atom stereocenters. The third-order valence-corrected chi connectivity index (χ3v) is 5.16. The molecule has 1 saturated heterocycles. The van der Waals surface area contributed by atoms with E-state index in [0.29, 0.717) is 6.54 Å². The fourth-order valence-electron chi connectivity index (χ4n) is 2.45. The molecule has 1 aliphatic rings. The molecule has 0 saturated carbocycles. The normalized spacial score (nSPS) is 17.7. The molecule has 0 aliphatic carbocycles. The molecule has 5 heteroatoms. The first kappa shape index (κ1) is 16.9. The van der Waals surface area contributed by atoms with Crippen LogP contribution in [0.3, 0.4) is 0 Å². The van der Waals surface area contributed by atoms with Crippen molar-refractivity contribution in [2.24, 2.45) is 0 Å². The van der Waals surface area contributed by atoms with Crippen molar-refractivity contribution in [2.45, 2.75) is 58.3 Å². The zero-order chi connectivity index (χ0) is 14.0. The number of likely N-dealkylation sites (tertiary alicyclic amines) is 1. The first-order valence-corrected chi connectivity index (χ1v) is 9.49. The number of hydrogen-bond donors (Lipinski definition) is 1. The van der Waals surface area contributed by atoms with Gasteiger partial charge in [-0.3, -0.25) is 0 Å². The summed E-state index contributed by atoms with van der Waals surface area (Å²) in [5.41, 5.74) is 0. The molecule has 1 aliphatic heterocycles. The Balaban J connectivity index is 1.95. The van der Waals surface area contributed by atoms with Crippen LogP contribution in [0.4, 0.5) is 0 Å². The topological polar surface area (TPSA) is 49.4 Å². The summed E-state index contributed by atoms with van der Waals surface area (Å²) < 4.78 is 25.8. The number of unbranched alkanes of at least 4 members (excludes halogenated alkanes) is 3. The fourth-order valence-corrected chi connectivity index (χ4v) is 3.72. The van der Waals surface area contributed by atoms with Crippen molar-refractivity contribution in [1.29, 1.82) is 0 Å². The van der Waals surface area contributed by atoms with Crippen LogP contribution in [-0.4, -0.2) is 45.2 Å². The monoisotopic (exact) mass is 290 g/mol. The van der Waals surface area contributed by atoms with E-state index in [9.17, 15) is 8.42 Å². The summed E-state index contributed by atoms with van der Waals surface area (Å²) in [4.78, 5) is 2.54. The average Bonchev–Trinajstić information content (AvgIpc) is 2.42. The molecule has 0 atom stereocenters. The van der Waals surface area contributed by atoms with Gasteiger partial charge in [0, 0.05) is 6.54 Å². The van der Waals surface area contributed by atoms with Crippen molar-refractivity contribution >= 4 is 10.0 Å². The smallest absolute Gasteiger partial charge is 0.211 e. The quantitative estimate of drug-likeness (QED) is 0.628. The van der Waals surface area contributed by atoms with E-state index in [1.807, 2.05) is 6.92 Å². The van der Waals surface area contributed by atoms with Crippen LogP contribution >= 0.6 is 0 Å². The van der Waals surface area contributed by atoms with Gasteiger partial charge >= 0.3 is 0 Å². The first-order valence-electron chi connectivity index (χ1n) is 7.84. The Kier molecular flexibility index (Phi) is 8.66. The zero-order valence-corrected chi connectivity index (χ0v) is 13.2. The molecule has 0 spiro atoms. The third-order valence-electron chi connectivity index (χ3n) is 3.69. The summed E-state index contributed by atoms with van der Waals surface area (Å²) in [5, 5.41) is 0. The van der Waals surface area contributed by atoms with Gasteiger partial charge in [-0.25, -0.2) is 13.1 Å².